The van der Waals surface area contributed by atoms with Gasteiger partial charge in [0.2, 0.25) is 0 Å². The van der Waals surface area contributed by atoms with Crippen molar-refractivity contribution in [1.82, 2.24) is 4.90 Å². The van der Waals surface area contributed by atoms with Crippen LogP contribution in [-0.4, -0.2) is 28.9 Å². The highest BCUT2D eigenvalue weighted by Crippen LogP contribution is 2.36. The van der Waals surface area contributed by atoms with Crippen molar-refractivity contribution in [3.05, 3.63) is 35.4 Å². The van der Waals surface area contributed by atoms with Crippen LogP contribution >= 0.6 is 12.2 Å². The largest absolute Gasteiger partial charge is 0.389 e. The van der Waals surface area contributed by atoms with Crippen LogP contribution in [0.2, 0.25) is 0 Å². The van der Waals surface area contributed by atoms with Gasteiger partial charge >= 0.3 is 0 Å². The summed E-state index contributed by atoms with van der Waals surface area (Å²) in [5.41, 5.74) is 7.45. The zero-order valence-corrected chi connectivity index (χ0v) is 13.9. The molecule has 0 aromatic heterocycles. The molecule has 1 amide bonds. The van der Waals surface area contributed by atoms with Gasteiger partial charge in [0.25, 0.3) is 5.91 Å². The summed E-state index contributed by atoms with van der Waals surface area (Å²) in [6.45, 7) is 4.60. The first kappa shape index (κ1) is 16.0. The molecule has 4 heteroatoms. The van der Waals surface area contributed by atoms with E-state index in [0.717, 1.165) is 18.4 Å². The lowest BCUT2D eigenvalue weighted by Gasteiger charge is -2.38. The summed E-state index contributed by atoms with van der Waals surface area (Å²) in [5.74, 6) is 0.0535. The van der Waals surface area contributed by atoms with E-state index in [4.69, 9.17) is 18.0 Å². The SMILES string of the molecule is CN(C(=O)c1cccc(C(N)=S)c1)C1CCC(C)(C)CC1. The molecule has 0 bridgehead atoms. The number of nitrogens with two attached hydrogens (primary N) is 1. The van der Waals surface area contributed by atoms with Crippen molar-refractivity contribution in [3.63, 3.8) is 0 Å². The first-order chi connectivity index (χ1) is 9.80. The van der Waals surface area contributed by atoms with Gasteiger partial charge in [-0.05, 0) is 43.2 Å². The molecule has 21 heavy (non-hydrogen) atoms. The van der Waals surface area contributed by atoms with Crippen molar-refractivity contribution < 1.29 is 4.79 Å². The molecule has 1 fully saturated rings. The zero-order chi connectivity index (χ0) is 15.6. The van der Waals surface area contributed by atoms with Gasteiger partial charge in [-0.1, -0.05) is 38.2 Å². The molecule has 0 unspecified atom stereocenters. The lowest BCUT2D eigenvalue weighted by atomic mass is 9.75. The van der Waals surface area contributed by atoms with Crippen molar-refractivity contribution in [2.75, 3.05) is 7.05 Å². The van der Waals surface area contributed by atoms with Crippen LogP contribution in [0.4, 0.5) is 0 Å². The monoisotopic (exact) mass is 304 g/mol. The average molecular weight is 304 g/mol. The van der Waals surface area contributed by atoms with Crippen molar-refractivity contribution in [2.24, 2.45) is 11.1 Å². The zero-order valence-electron chi connectivity index (χ0n) is 13.1. The second-order valence-electron chi connectivity index (χ2n) is 6.76. The fourth-order valence-corrected chi connectivity index (χ4v) is 3.07. The molecule has 0 spiro atoms. The Labute approximate surface area is 132 Å². The standard InChI is InChI=1S/C17H24N2OS/c1-17(2)9-7-14(8-10-17)19(3)16(20)13-6-4-5-12(11-13)15(18)21/h4-6,11,14H,7-10H2,1-3H3,(H2,18,21). The maximum Gasteiger partial charge on any atom is 0.253 e. The molecular weight excluding hydrogens is 280 g/mol. The van der Waals surface area contributed by atoms with Crippen LogP contribution in [0, 0.1) is 5.41 Å². The van der Waals surface area contributed by atoms with E-state index in [1.807, 2.05) is 30.1 Å². The Balaban J connectivity index is 2.09. The summed E-state index contributed by atoms with van der Waals surface area (Å²) in [7, 11) is 1.90. The number of thiocarbonyl (C=S) groups is 1. The van der Waals surface area contributed by atoms with Crippen LogP contribution in [0.3, 0.4) is 0 Å². The first-order valence-electron chi connectivity index (χ1n) is 7.47. The third-order valence-corrected chi connectivity index (χ3v) is 4.81. The second kappa shape index (κ2) is 6.14. The van der Waals surface area contributed by atoms with Crippen molar-refractivity contribution in [3.8, 4) is 0 Å². The van der Waals surface area contributed by atoms with Crippen LogP contribution < -0.4 is 5.73 Å². The molecule has 1 aliphatic carbocycles. The highest BCUT2D eigenvalue weighted by molar-refractivity contribution is 7.80. The molecule has 2 rings (SSSR count). The number of hydrogen-bond acceptors (Lipinski definition) is 2. The minimum Gasteiger partial charge on any atom is -0.389 e. The molecule has 0 radical (unpaired) electrons. The quantitative estimate of drug-likeness (QED) is 0.871. The Morgan fingerprint density at radius 1 is 1.29 bits per heavy atom. The van der Waals surface area contributed by atoms with E-state index in [-0.39, 0.29) is 5.91 Å². The van der Waals surface area contributed by atoms with E-state index in [1.54, 1.807) is 6.07 Å². The fourth-order valence-electron chi connectivity index (χ4n) is 2.95. The molecule has 3 nitrogen and oxygen atoms in total. The minimum absolute atomic E-state index is 0.0535. The summed E-state index contributed by atoms with van der Waals surface area (Å²) < 4.78 is 0. The van der Waals surface area contributed by atoms with Crippen LogP contribution in [-0.2, 0) is 0 Å². The smallest absolute Gasteiger partial charge is 0.253 e. The van der Waals surface area contributed by atoms with Crippen LogP contribution in [0.5, 0.6) is 0 Å². The third kappa shape index (κ3) is 3.82. The Kier molecular flexibility index (Phi) is 4.67. The number of benzene rings is 1. The van der Waals surface area contributed by atoms with Gasteiger partial charge in [0.1, 0.15) is 4.99 Å². The van der Waals surface area contributed by atoms with Gasteiger partial charge in [0.05, 0.1) is 0 Å². The molecule has 1 aromatic carbocycles. The lowest BCUT2D eigenvalue weighted by Crippen LogP contribution is -2.40. The number of rotatable bonds is 3. The predicted octanol–water partition coefficient (Wildman–Crippen LogP) is 3.36. The third-order valence-electron chi connectivity index (χ3n) is 4.57. The summed E-state index contributed by atoms with van der Waals surface area (Å²) in [4.78, 5) is 14.8. The van der Waals surface area contributed by atoms with E-state index in [0.29, 0.717) is 22.0 Å². The van der Waals surface area contributed by atoms with Gasteiger partial charge < -0.3 is 10.6 Å². The van der Waals surface area contributed by atoms with E-state index in [1.165, 1.54) is 12.8 Å². The summed E-state index contributed by atoms with van der Waals surface area (Å²) in [6, 6.07) is 7.61. The highest BCUT2D eigenvalue weighted by atomic mass is 32.1. The second-order valence-corrected chi connectivity index (χ2v) is 7.20. The van der Waals surface area contributed by atoms with Gasteiger partial charge in [-0.25, -0.2) is 0 Å². The topological polar surface area (TPSA) is 46.3 Å². The Bertz CT molecular complexity index is 543. The normalized spacial score (nSPS) is 18.2. The van der Waals surface area contributed by atoms with E-state index < -0.39 is 0 Å². The molecule has 0 saturated heterocycles. The average Bonchev–Trinajstić information content (AvgIpc) is 2.46. The minimum atomic E-state index is 0.0535. The first-order valence-corrected chi connectivity index (χ1v) is 7.88. The van der Waals surface area contributed by atoms with E-state index in [2.05, 4.69) is 13.8 Å². The molecule has 114 valence electrons. The van der Waals surface area contributed by atoms with Crippen LogP contribution in [0.1, 0.15) is 55.5 Å². The molecular formula is C17H24N2OS. The Hall–Kier alpha value is -1.42. The van der Waals surface area contributed by atoms with Crippen molar-refractivity contribution in [1.29, 1.82) is 0 Å². The highest BCUT2D eigenvalue weighted by Gasteiger charge is 2.30. The van der Waals surface area contributed by atoms with Crippen molar-refractivity contribution >= 4 is 23.1 Å². The summed E-state index contributed by atoms with van der Waals surface area (Å²) in [5, 5.41) is 0. The number of nitrogens with zero attached hydrogens (tertiary/aromatic N) is 1. The van der Waals surface area contributed by atoms with E-state index >= 15 is 0 Å². The predicted molar refractivity (Wildman–Crippen MR) is 90.5 cm³/mol. The van der Waals surface area contributed by atoms with Gasteiger partial charge in [-0.3, -0.25) is 4.79 Å². The fraction of sp³-hybridized carbons (Fsp3) is 0.529. The van der Waals surface area contributed by atoms with Gasteiger partial charge in [-0.2, -0.15) is 0 Å². The molecule has 1 aliphatic rings. The van der Waals surface area contributed by atoms with Crippen LogP contribution in [0.15, 0.2) is 24.3 Å². The molecule has 2 N–H and O–H groups in total. The molecule has 1 saturated carbocycles. The number of carbonyl (C=O) groups is 1. The van der Waals surface area contributed by atoms with Crippen molar-refractivity contribution in [2.45, 2.75) is 45.6 Å². The van der Waals surface area contributed by atoms with Gasteiger partial charge in [0.15, 0.2) is 0 Å². The van der Waals surface area contributed by atoms with Crippen LogP contribution in [0.25, 0.3) is 0 Å². The van der Waals surface area contributed by atoms with Gasteiger partial charge in [-0.15, -0.1) is 0 Å². The summed E-state index contributed by atoms with van der Waals surface area (Å²) >= 11 is 4.98. The number of carbonyl (C=O) groups excluding carboxylic acids is 1. The summed E-state index contributed by atoms with van der Waals surface area (Å²) in [6.07, 6.45) is 4.49. The molecule has 0 aliphatic heterocycles. The number of hydrogen-bond donors (Lipinski definition) is 1. The maximum atomic E-state index is 12.6. The van der Waals surface area contributed by atoms with Gasteiger partial charge in [0, 0.05) is 24.2 Å². The number of amides is 1. The Morgan fingerprint density at radius 3 is 2.43 bits per heavy atom. The molecule has 0 heterocycles. The van der Waals surface area contributed by atoms with E-state index in [9.17, 15) is 4.79 Å². The molecule has 1 aromatic rings. The maximum absolute atomic E-state index is 12.6. The lowest BCUT2D eigenvalue weighted by molar-refractivity contribution is 0.0635. The Morgan fingerprint density at radius 2 is 1.86 bits per heavy atom. The molecule has 0 atom stereocenters.